The minimum absolute atomic E-state index is 0.165. The van der Waals surface area contributed by atoms with Crippen molar-refractivity contribution in [2.75, 3.05) is 31.1 Å². The number of ether oxygens (including phenoxy) is 1. The minimum Gasteiger partial charge on any atom is -0.508 e. The van der Waals surface area contributed by atoms with E-state index in [1.54, 1.807) is 36.0 Å². The molecule has 1 aliphatic rings. The Morgan fingerprint density at radius 1 is 1.23 bits per heavy atom. The first-order valence-electron chi connectivity index (χ1n) is 9.57. The van der Waals surface area contributed by atoms with Crippen molar-refractivity contribution in [3.05, 3.63) is 60.0 Å². The van der Waals surface area contributed by atoms with Gasteiger partial charge in [-0.1, -0.05) is 6.07 Å². The van der Waals surface area contributed by atoms with Crippen LogP contribution in [-0.4, -0.2) is 59.7 Å². The maximum atomic E-state index is 13.0. The molecule has 8 nitrogen and oxygen atoms in total. The van der Waals surface area contributed by atoms with E-state index in [9.17, 15) is 13.5 Å². The lowest BCUT2D eigenvalue weighted by atomic mass is 10.1. The van der Waals surface area contributed by atoms with Gasteiger partial charge in [0.1, 0.15) is 9.96 Å². The summed E-state index contributed by atoms with van der Waals surface area (Å²) in [5, 5.41) is 11.4. The number of aromatic hydroxyl groups is 1. The Balaban J connectivity index is 1.51. The second-order valence-electron chi connectivity index (χ2n) is 7.20. The lowest BCUT2D eigenvalue weighted by Gasteiger charge is -2.41. The first-order valence-corrected chi connectivity index (χ1v) is 11.9. The number of sulfonamides is 1. The van der Waals surface area contributed by atoms with E-state index in [0.717, 1.165) is 11.4 Å². The van der Waals surface area contributed by atoms with E-state index in [1.807, 2.05) is 29.9 Å². The van der Waals surface area contributed by atoms with E-state index in [-0.39, 0.29) is 11.8 Å². The summed E-state index contributed by atoms with van der Waals surface area (Å²) in [6.45, 7) is 1.96. The summed E-state index contributed by atoms with van der Waals surface area (Å²) in [6, 6.07) is 10.2. The van der Waals surface area contributed by atoms with Gasteiger partial charge in [0.05, 0.1) is 31.3 Å². The van der Waals surface area contributed by atoms with Gasteiger partial charge < -0.3 is 19.3 Å². The second kappa shape index (κ2) is 8.76. The molecule has 10 heteroatoms. The highest BCUT2D eigenvalue weighted by Crippen LogP contribution is 2.27. The van der Waals surface area contributed by atoms with Gasteiger partial charge in [-0.15, -0.1) is 11.3 Å². The fourth-order valence-electron chi connectivity index (χ4n) is 3.55. The van der Waals surface area contributed by atoms with Crippen LogP contribution in [-0.2, 0) is 28.4 Å². The number of thiophene rings is 1. The number of aromatic nitrogens is 2. The zero-order valence-electron chi connectivity index (χ0n) is 16.6. The first kappa shape index (κ1) is 20.9. The van der Waals surface area contributed by atoms with Crippen molar-refractivity contribution in [1.82, 2.24) is 13.9 Å². The summed E-state index contributed by atoms with van der Waals surface area (Å²) in [5.41, 5.74) is 1.75. The molecule has 3 aromatic rings. The SMILES string of the molecule is Cn1cnc(COC[C@H]2CN(S(=O)(=O)c3cccs3)CCN2c2ccc(O)cc2)c1. The van der Waals surface area contributed by atoms with Crippen molar-refractivity contribution in [2.24, 2.45) is 7.05 Å². The van der Waals surface area contributed by atoms with Gasteiger partial charge in [-0.05, 0) is 35.7 Å². The molecule has 4 rings (SSSR count). The summed E-state index contributed by atoms with van der Waals surface area (Å²) >= 11 is 1.23. The van der Waals surface area contributed by atoms with E-state index in [2.05, 4.69) is 9.88 Å². The molecule has 2 aromatic heterocycles. The Hall–Kier alpha value is -2.40. The molecule has 0 amide bonds. The fourth-order valence-corrected chi connectivity index (χ4v) is 6.16. The van der Waals surface area contributed by atoms with Crippen LogP contribution in [0.15, 0.2) is 58.5 Å². The highest BCUT2D eigenvalue weighted by atomic mass is 32.2. The van der Waals surface area contributed by atoms with Gasteiger partial charge in [0.15, 0.2) is 0 Å². The maximum absolute atomic E-state index is 13.0. The molecule has 1 atom stereocenters. The smallest absolute Gasteiger partial charge is 0.252 e. The molecule has 1 aromatic carbocycles. The Kier molecular flexibility index (Phi) is 6.09. The monoisotopic (exact) mass is 448 g/mol. The molecule has 1 aliphatic heterocycles. The summed E-state index contributed by atoms with van der Waals surface area (Å²) in [7, 11) is -1.62. The van der Waals surface area contributed by atoms with E-state index < -0.39 is 10.0 Å². The van der Waals surface area contributed by atoms with Crippen molar-refractivity contribution in [2.45, 2.75) is 16.9 Å². The normalized spacial score (nSPS) is 18.0. The molecule has 160 valence electrons. The number of piperazine rings is 1. The van der Waals surface area contributed by atoms with Crippen LogP contribution < -0.4 is 4.90 Å². The quantitative estimate of drug-likeness (QED) is 0.597. The number of nitrogens with zero attached hydrogens (tertiary/aromatic N) is 4. The minimum atomic E-state index is -3.52. The van der Waals surface area contributed by atoms with Gasteiger partial charge >= 0.3 is 0 Å². The second-order valence-corrected chi connectivity index (χ2v) is 10.3. The zero-order chi connectivity index (χ0) is 21.1. The number of rotatable bonds is 7. The largest absolute Gasteiger partial charge is 0.508 e. The molecular formula is C20H24N4O4S2. The summed E-state index contributed by atoms with van der Waals surface area (Å²) < 4.78 is 35.7. The van der Waals surface area contributed by atoms with E-state index in [4.69, 9.17) is 4.74 Å². The van der Waals surface area contributed by atoms with Crippen molar-refractivity contribution in [1.29, 1.82) is 0 Å². The third-order valence-corrected chi connectivity index (χ3v) is 8.27. The average Bonchev–Trinajstić information content (AvgIpc) is 3.41. The van der Waals surface area contributed by atoms with Crippen molar-refractivity contribution in [3.8, 4) is 5.75 Å². The molecule has 1 saturated heterocycles. The molecule has 30 heavy (non-hydrogen) atoms. The predicted molar refractivity (Wildman–Crippen MR) is 115 cm³/mol. The molecule has 3 heterocycles. The van der Waals surface area contributed by atoms with Crippen LogP contribution in [0.25, 0.3) is 0 Å². The van der Waals surface area contributed by atoms with Gasteiger partial charge in [0.2, 0.25) is 0 Å². The molecule has 1 fully saturated rings. The average molecular weight is 449 g/mol. The molecule has 0 aliphatic carbocycles. The third-order valence-electron chi connectivity index (χ3n) is 5.03. The zero-order valence-corrected chi connectivity index (χ0v) is 18.2. The summed E-state index contributed by atoms with van der Waals surface area (Å²) in [5.74, 6) is 0.195. The number of hydrogen-bond acceptors (Lipinski definition) is 7. The van der Waals surface area contributed by atoms with Crippen molar-refractivity contribution < 1.29 is 18.3 Å². The van der Waals surface area contributed by atoms with Crippen LogP contribution in [0.1, 0.15) is 5.69 Å². The Labute approximate surface area is 180 Å². The van der Waals surface area contributed by atoms with Crippen molar-refractivity contribution >= 4 is 27.0 Å². The number of anilines is 1. The number of imidazole rings is 1. The highest BCUT2D eigenvalue weighted by molar-refractivity contribution is 7.91. The number of hydrogen-bond donors (Lipinski definition) is 1. The molecule has 0 saturated carbocycles. The van der Waals surface area contributed by atoms with Gasteiger partial charge in [-0.2, -0.15) is 4.31 Å². The van der Waals surface area contributed by atoms with Crippen LogP contribution in [0.4, 0.5) is 5.69 Å². The van der Waals surface area contributed by atoms with Crippen LogP contribution in [0.5, 0.6) is 5.75 Å². The Morgan fingerprint density at radius 2 is 2.03 bits per heavy atom. The van der Waals surface area contributed by atoms with Crippen molar-refractivity contribution in [3.63, 3.8) is 0 Å². The highest BCUT2D eigenvalue weighted by Gasteiger charge is 2.35. The van der Waals surface area contributed by atoms with E-state index >= 15 is 0 Å². The van der Waals surface area contributed by atoms with E-state index in [0.29, 0.717) is 37.1 Å². The molecule has 0 unspecified atom stereocenters. The molecule has 0 bridgehead atoms. The van der Waals surface area contributed by atoms with Crippen LogP contribution in [0, 0.1) is 0 Å². The van der Waals surface area contributed by atoms with Gasteiger partial charge in [0, 0.05) is 38.6 Å². The number of phenols is 1. The first-order chi connectivity index (χ1) is 14.4. The van der Waals surface area contributed by atoms with Gasteiger partial charge in [0.25, 0.3) is 10.0 Å². The number of aryl methyl sites for hydroxylation is 1. The molecular weight excluding hydrogens is 424 g/mol. The van der Waals surface area contributed by atoms with Crippen LogP contribution >= 0.6 is 11.3 Å². The Bertz CT molecular complexity index is 1060. The Morgan fingerprint density at radius 3 is 2.70 bits per heavy atom. The lowest BCUT2D eigenvalue weighted by Crippen LogP contribution is -2.56. The number of phenolic OH excluding ortho intramolecular Hbond substituents is 1. The molecule has 1 N–H and O–H groups in total. The maximum Gasteiger partial charge on any atom is 0.252 e. The van der Waals surface area contributed by atoms with Crippen LogP contribution in [0.2, 0.25) is 0 Å². The van der Waals surface area contributed by atoms with E-state index in [1.165, 1.54) is 15.6 Å². The van der Waals surface area contributed by atoms with Crippen LogP contribution in [0.3, 0.4) is 0 Å². The molecule has 0 radical (unpaired) electrons. The lowest BCUT2D eigenvalue weighted by molar-refractivity contribution is 0.0929. The topological polar surface area (TPSA) is 87.9 Å². The third kappa shape index (κ3) is 4.51. The standard InChI is InChI=1S/C20H24N4O4S2/c1-22-11-16(21-15-22)13-28-14-18-12-23(30(26,27)20-3-2-10-29-20)8-9-24(18)17-4-6-19(25)7-5-17/h2-7,10-11,15,18,25H,8-9,12-14H2,1H3/t18-/m1/s1. The van der Waals surface area contributed by atoms with Gasteiger partial charge in [-0.25, -0.2) is 13.4 Å². The number of benzene rings is 1. The van der Waals surface area contributed by atoms with Gasteiger partial charge in [-0.3, -0.25) is 0 Å². The fraction of sp³-hybridized carbons (Fsp3) is 0.350. The molecule has 0 spiro atoms. The summed E-state index contributed by atoms with van der Waals surface area (Å²) in [6.07, 6.45) is 3.61. The predicted octanol–water partition coefficient (Wildman–Crippen LogP) is 2.28. The summed E-state index contributed by atoms with van der Waals surface area (Å²) in [4.78, 5) is 6.40.